The Bertz CT molecular complexity index is 509. The molecule has 0 spiro atoms. The smallest absolute Gasteiger partial charge is 0.0948 e. The van der Waals surface area contributed by atoms with Gasteiger partial charge in [0.15, 0.2) is 0 Å². The first-order valence-corrected chi connectivity index (χ1v) is 5.65. The predicted octanol–water partition coefficient (Wildman–Crippen LogP) is 2.91. The number of fused-ring (bicyclic) bond motifs is 1. The van der Waals surface area contributed by atoms with Crippen LogP contribution in [0, 0.1) is 0 Å². The molecule has 0 saturated carbocycles. The summed E-state index contributed by atoms with van der Waals surface area (Å²) >= 11 is 0. The van der Waals surface area contributed by atoms with Gasteiger partial charge in [0.25, 0.3) is 0 Å². The first-order valence-electron chi connectivity index (χ1n) is 5.65. The van der Waals surface area contributed by atoms with Crippen molar-refractivity contribution >= 4 is 6.08 Å². The molecule has 0 fully saturated rings. The summed E-state index contributed by atoms with van der Waals surface area (Å²) in [5.41, 5.74) is 4.33. The Morgan fingerprint density at radius 1 is 1.19 bits per heavy atom. The number of rotatable bonds is 2. The lowest BCUT2D eigenvalue weighted by Crippen LogP contribution is -2.04. The molecule has 2 aromatic rings. The highest BCUT2D eigenvalue weighted by Gasteiger charge is 2.09. The van der Waals surface area contributed by atoms with Crippen LogP contribution in [0.3, 0.4) is 0 Å². The molecule has 2 heteroatoms. The van der Waals surface area contributed by atoms with Gasteiger partial charge in [-0.25, -0.2) is 4.98 Å². The molecule has 0 unspecified atom stereocenters. The van der Waals surface area contributed by atoms with E-state index in [4.69, 9.17) is 0 Å². The molecular weight excluding hydrogens is 196 g/mol. The van der Waals surface area contributed by atoms with Gasteiger partial charge >= 0.3 is 0 Å². The van der Waals surface area contributed by atoms with Crippen molar-refractivity contribution in [2.75, 3.05) is 0 Å². The van der Waals surface area contributed by atoms with Gasteiger partial charge in [0, 0.05) is 18.9 Å². The minimum Gasteiger partial charge on any atom is -0.333 e. The predicted molar refractivity (Wildman–Crippen MR) is 65.0 cm³/mol. The van der Waals surface area contributed by atoms with Gasteiger partial charge in [-0.15, -0.1) is 0 Å². The van der Waals surface area contributed by atoms with Crippen LogP contribution in [0.25, 0.3) is 6.08 Å². The van der Waals surface area contributed by atoms with E-state index in [-0.39, 0.29) is 0 Å². The molecule has 1 aromatic heterocycles. The van der Waals surface area contributed by atoms with Gasteiger partial charge in [-0.05, 0) is 29.5 Å². The quantitative estimate of drug-likeness (QED) is 0.745. The molecule has 2 nitrogen and oxygen atoms in total. The van der Waals surface area contributed by atoms with E-state index in [1.54, 1.807) is 0 Å². The van der Waals surface area contributed by atoms with Crippen molar-refractivity contribution < 1.29 is 0 Å². The summed E-state index contributed by atoms with van der Waals surface area (Å²) in [6.07, 6.45) is 10.4. The molecule has 3 rings (SSSR count). The Kier molecular flexibility index (Phi) is 2.33. The second kappa shape index (κ2) is 3.97. The molecule has 1 aliphatic rings. The first-order chi connectivity index (χ1) is 7.92. The fourth-order valence-electron chi connectivity index (χ4n) is 2.23. The number of benzene rings is 1. The normalized spacial score (nSPS) is 14.4. The summed E-state index contributed by atoms with van der Waals surface area (Å²) in [4.78, 5) is 4.07. The maximum absolute atomic E-state index is 4.07. The van der Waals surface area contributed by atoms with Crippen LogP contribution in [-0.4, -0.2) is 9.55 Å². The molecule has 0 amide bonds. The van der Waals surface area contributed by atoms with Crippen LogP contribution in [0.1, 0.15) is 17.5 Å². The third-order valence-corrected chi connectivity index (χ3v) is 3.08. The van der Waals surface area contributed by atoms with Crippen LogP contribution >= 0.6 is 0 Å². The van der Waals surface area contributed by atoms with Crippen LogP contribution in [0.15, 0.2) is 48.6 Å². The van der Waals surface area contributed by atoms with Crippen molar-refractivity contribution in [3.05, 3.63) is 59.7 Å². The van der Waals surface area contributed by atoms with Gasteiger partial charge in [0.05, 0.1) is 6.33 Å². The largest absolute Gasteiger partial charge is 0.333 e. The van der Waals surface area contributed by atoms with Gasteiger partial charge in [0.1, 0.15) is 0 Å². The van der Waals surface area contributed by atoms with Crippen molar-refractivity contribution in [3.63, 3.8) is 0 Å². The summed E-state index contributed by atoms with van der Waals surface area (Å²) in [7, 11) is 0. The monoisotopic (exact) mass is 210 g/mol. The second-order valence-electron chi connectivity index (χ2n) is 4.24. The Hall–Kier alpha value is -1.83. The number of aromatic nitrogens is 2. The number of imidazole rings is 1. The number of aryl methyl sites for hydroxylation is 1. The Balaban J connectivity index is 1.86. The maximum atomic E-state index is 4.07. The zero-order valence-electron chi connectivity index (χ0n) is 9.13. The first kappa shape index (κ1) is 9.40. The molecule has 0 saturated heterocycles. The zero-order chi connectivity index (χ0) is 10.8. The van der Waals surface area contributed by atoms with E-state index in [1.165, 1.54) is 16.7 Å². The van der Waals surface area contributed by atoms with E-state index in [9.17, 15) is 0 Å². The Labute approximate surface area is 95.3 Å². The van der Waals surface area contributed by atoms with E-state index in [0.29, 0.717) is 0 Å². The van der Waals surface area contributed by atoms with Crippen molar-refractivity contribution in [2.24, 2.45) is 0 Å². The lowest BCUT2D eigenvalue weighted by molar-refractivity contribution is 0.736. The maximum Gasteiger partial charge on any atom is 0.0948 e. The number of nitrogens with zero attached hydrogens (tertiary/aromatic N) is 2. The van der Waals surface area contributed by atoms with Crippen molar-refractivity contribution in [3.8, 4) is 0 Å². The van der Waals surface area contributed by atoms with Crippen molar-refractivity contribution in [1.29, 1.82) is 0 Å². The van der Waals surface area contributed by atoms with Gasteiger partial charge < -0.3 is 4.57 Å². The van der Waals surface area contributed by atoms with Gasteiger partial charge in [-0.3, -0.25) is 0 Å². The molecule has 16 heavy (non-hydrogen) atoms. The third-order valence-electron chi connectivity index (χ3n) is 3.08. The Morgan fingerprint density at radius 3 is 3.00 bits per heavy atom. The molecule has 1 aromatic carbocycles. The molecule has 0 radical (unpaired) electrons. The lowest BCUT2D eigenvalue weighted by Gasteiger charge is -2.16. The van der Waals surface area contributed by atoms with Crippen LogP contribution in [-0.2, 0) is 13.0 Å². The molecule has 0 atom stereocenters. The van der Waals surface area contributed by atoms with Crippen LogP contribution in [0.5, 0.6) is 0 Å². The van der Waals surface area contributed by atoms with E-state index >= 15 is 0 Å². The van der Waals surface area contributed by atoms with Gasteiger partial charge in [-0.2, -0.15) is 0 Å². The van der Waals surface area contributed by atoms with Crippen molar-refractivity contribution in [2.45, 2.75) is 19.4 Å². The third kappa shape index (κ3) is 1.78. The fraction of sp³-hybridized carbons (Fsp3) is 0.214. The number of hydrogen-bond acceptors (Lipinski definition) is 1. The molecule has 0 N–H and O–H groups in total. The molecular formula is C14H14N2. The van der Waals surface area contributed by atoms with E-state index in [1.807, 2.05) is 18.7 Å². The number of allylic oxidation sites excluding steroid dienone is 1. The summed E-state index contributed by atoms with van der Waals surface area (Å²) in [6.45, 7) is 0.967. The molecule has 0 bridgehead atoms. The topological polar surface area (TPSA) is 17.8 Å². The van der Waals surface area contributed by atoms with Crippen LogP contribution < -0.4 is 0 Å². The SMILES string of the molecule is C1=C(Cn2ccnc2)CCc2ccccc21. The minimum atomic E-state index is 0.967. The highest BCUT2D eigenvalue weighted by Crippen LogP contribution is 2.24. The van der Waals surface area contributed by atoms with Crippen LogP contribution in [0.4, 0.5) is 0 Å². The minimum absolute atomic E-state index is 0.967. The summed E-state index contributed by atoms with van der Waals surface area (Å²) < 4.78 is 2.12. The van der Waals surface area contributed by atoms with Crippen LogP contribution in [0.2, 0.25) is 0 Å². The molecule has 1 aliphatic carbocycles. The van der Waals surface area contributed by atoms with Gasteiger partial charge in [0.2, 0.25) is 0 Å². The number of hydrogen-bond donors (Lipinski definition) is 0. The standard InChI is InChI=1S/C14H14N2/c1-2-4-14-9-12(5-6-13(14)3-1)10-16-8-7-15-11-16/h1-4,7-9,11H,5-6,10H2. The molecule has 0 aliphatic heterocycles. The average Bonchev–Trinajstić information content (AvgIpc) is 2.82. The Morgan fingerprint density at radius 2 is 2.12 bits per heavy atom. The second-order valence-corrected chi connectivity index (χ2v) is 4.24. The average molecular weight is 210 g/mol. The van der Waals surface area contributed by atoms with Crippen molar-refractivity contribution in [1.82, 2.24) is 9.55 Å². The lowest BCUT2D eigenvalue weighted by atomic mass is 9.92. The molecule has 80 valence electrons. The summed E-state index contributed by atoms with van der Waals surface area (Å²) in [5.74, 6) is 0. The highest BCUT2D eigenvalue weighted by atomic mass is 15.0. The summed E-state index contributed by atoms with van der Waals surface area (Å²) in [5, 5.41) is 0. The van der Waals surface area contributed by atoms with Gasteiger partial charge in [-0.1, -0.05) is 30.3 Å². The summed E-state index contributed by atoms with van der Waals surface area (Å²) in [6, 6.07) is 8.64. The zero-order valence-corrected chi connectivity index (χ0v) is 9.13. The fourth-order valence-corrected chi connectivity index (χ4v) is 2.23. The highest BCUT2D eigenvalue weighted by molar-refractivity contribution is 5.59. The van der Waals surface area contributed by atoms with E-state index in [2.05, 4.69) is 39.9 Å². The molecule has 1 heterocycles. The van der Waals surface area contributed by atoms with E-state index < -0.39 is 0 Å². The van der Waals surface area contributed by atoms with E-state index in [0.717, 1.165) is 19.4 Å².